The molecule has 230 valence electrons. The molecule has 0 heterocycles. The lowest BCUT2D eigenvalue weighted by Gasteiger charge is -2.33. The number of amides is 2. The van der Waals surface area contributed by atoms with Gasteiger partial charge < -0.3 is 15.0 Å². The second kappa shape index (κ2) is 14.9. The molecule has 44 heavy (non-hydrogen) atoms. The predicted molar refractivity (Wildman–Crippen MR) is 169 cm³/mol. The van der Waals surface area contributed by atoms with Crippen LogP contribution in [0.25, 0.3) is 0 Å². The van der Waals surface area contributed by atoms with Crippen molar-refractivity contribution in [2.45, 2.75) is 30.8 Å². The fraction of sp³-hybridized carbons (Fsp3) is 0.212. The predicted octanol–water partition coefficient (Wildman–Crippen LogP) is 5.46. The molecule has 4 rings (SSSR count). The third-order valence-corrected chi connectivity index (χ3v) is 8.90. The summed E-state index contributed by atoms with van der Waals surface area (Å²) in [5, 5.41) is 3.08. The molecule has 11 heteroatoms. The topological polar surface area (TPSA) is 96.0 Å². The molecule has 0 spiro atoms. The zero-order valence-electron chi connectivity index (χ0n) is 24.3. The zero-order valence-corrected chi connectivity index (χ0v) is 25.9. The van der Waals surface area contributed by atoms with Gasteiger partial charge in [0.05, 0.1) is 17.2 Å². The van der Waals surface area contributed by atoms with Crippen molar-refractivity contribution in [2.75, 3.05) is 24.5 Å². The van der Waals surface area contributed by atoms with E-state index in [0.29, 0.717) is 22.9 Å². The van der Waals surface area contributed by atoms with Crippen LogP contribution in [0.15, 0.2) is 108 Å². The molecule has 8 nitrogen and oxygen atoms in total. The van der Waals surface area contributed by atoms with Crippen LogP contribution < -0.4 is 14.4 Å². The minimum absolute atomic E-state index is 0.0231. The average molecular weight is 638 g/mol. The first-order valence-corrected chi connectivity index (χ1v) is 15.7. The first-order valence-electron chi connectivity index (χ1n) is 13.9. The molecule has 1 atom stereocenters. The number of hydrogen-bond donors (Lipinski definition) is 1. The number of benzene rings is 4. The SMILES string of the molecule is CCOc1ccc(S(=O)(=O)N(CC(=O)N(Cc2cccc(Cl)c2)C(Cc2ccccc2)C(=O)NC)c2ccc(F)cc2)cc1. The smallest absolute Gasteiger partial charge is 0.264 e. The maximum atomic E-state index is 14.3. The van der Waals surface area contributed by atoms with Gasteiger partial charge in [-0.05, 0) is 78.7 Å². The third-order valence-electron chi connectivity index (χ3n) is 6.88. The molecule has 0 aromatic heterocycles. The number of halogens is 2. The molecule has 0 saturated carbocycles. The monoisotopic (exact) mass is 637 g/mol. The lowest BCUT2D eigenvalue weighted by molar-refractivity contribution is -0.139. The molecule has 0 aliphatic heterocycles. The van der Waals surface area contributed by atoms with Gasteiger partial charge in [0.1, 0.15) is 24.2 Å². The summed E-state index contributed by atoms with van der Waals surface area (Å²) in [5.74, 6) is -1.15. The van der Waals surface area contributed by atoms with Crippen LogP contribution in [-0.4, -0.2) is 51.4 Å². The molecule has 0 saturated heterocycles. The molecule has 4 aromatic carbocycles. The summed E-state index contributed by atoms with van der Waals surface area (Å²) in [6.45, 7) is 1.53. The van der Waals surface area contributed by atoms with Gasteiger partial charge in [-0.15, -0.1) is 0 Å². The normalized spacial score (nSPS) is 11.8. The molecule has 0 aliphatic carbocycles. The first kappa shape index (κ1) is 32.5. The molecule has 0 aliphatic rings. The van der Waals surface area contributed by atoms with E-state index in [0.717, 1.165) is 22.0 Å². The van der Waals surface area contributed by atoms with E-state index in [1.165, 1.54) is 48.3 Å². The number of sulfonamides is 1. The highest BCUT2D eigenvalue weighted by Crippen LogP contribution is 2.27. The van der Waals surface area contributed by atoms with Gasteiger partial charge in [0, 0.05) is 25.0 Å². The van der Waals surface area contributed by atoms with Crippen molar-refractivity contribution in [1.82, 2.24) is 10.2 Å². The van der Waals surface area contributed by atoms with Gasteiger partial charge in [-0.25, -0.2) is 12.8 Å². The van der Waals surface area contributed by atoms with E-state index in [9.17, 15) is 22.4 Å². The van der Waals surface area contributed by atoms with Crippen LogP contribution in [0.3, 0.4) is 0 Å². The molecule has 1 N–H and O–H groups in total. The van der Waals surface area contributed by atoms with E-state index in [2.05, 4.69) is 5.32 Å². The largest absolute Gasteiger partial charge is 0.494 e. The highest BCUT2D eigenvalue weighted by atomic mass is 35.5. The van der Waals surface area contributed by atoms with E-state index in [-0.39, 0.29) is 23.5 Å². The van der Waals surface area contributed by atoms with Gasteiger partial charge >= 0.3 is 0 Å². The Labute approximate surface area is 262 Å². The van der Waals surface area contributed by atoms with E-state index in [1.54, 1.807) is 24.3 Å². The van der Waals surface area contributed by atoms with Crippen LogP contribution in [0, 0.1) is 5.82 Å². The Kier molecular flexibility index (Phi) is 11.0. The van der Waals surface area contributed by atoms with Gasteiger partial charge in [-0.3, -0.25) is 13.9 Å². The van der Waals surface area contributed by atoms with Crippen LogP contribution >= 0.6 is 11.6 Å². The number of rotatable bonds is 13. The van der Waals surface area contributed by atoms with Crippen LogP contribution in [-0.2, 0) is 32.6 Å². The van der Waals surface area contributed by atoms with Gasteiger partial charge in [0.2, 0.25) is 11.8 Å². The van der Waals surface area contributed by atoms with E-state index >= 15 is 0 Å². The highest BCUT2D eigenvalue weighted by molar-refractivity contribution is 7.92. The fourth-order valence-corrected chi connectivity index (χ4v) is 6.32. The van der Waals surface area contributed by atoms with E-state index in [4.69, 9.17) is 16.3 Å². The summed E-state index contributed by atoms with van der Waals surface area (Å²) in [6, 6.07) is 25.7. The maximum Gasteiger partial charge on any atom is 0.264 e. The van der Waals surface area contributed by atoms with Crippen LogP contribution in [0.2, 0.25) is 5.02 Å². The fourth-order valence-electron chi connectivity index (χ4n) is 4.69. The number of nitrogens with zero attached hydrogens (tertiary/aromatic N) is 2. The Morgan fingerprint density at radius 3 is 2.18 bits per heavy atom. The van der Waals surface area contributed by atoms with Gasteiger partial charge in [0.15, 0.2) is 0 Å². The van der Waals surface area contributed by atoms with Crippen molar-refractivity contribution >= 4 is 39.1 Å². The lowest BCUT2D eigenvalue weighted by atomic mass is 10.0. The van der Waals surface area contributed by atoms with Gasteiger partial charge in [-0.1, -0.05) is 54.1 Å². The zero-order chi connectivity index (χ0) is 31.7. The van der Waals surface area contributed by atoms with Crippen molar-refractivity contribution in [2.24, 2.45) is 0 Å². The number of nitrogens with one attached hydrogen (secondary N) is 1. The number of hydrogen-bond acceptors (Lipinski definition) is 5. The summed E-state index contributed by atoms with van der Waals surface area (Å²) >= 11 is 6.23. The third kappa shape index (κ3) is 8.15. The van der Waals surface area contributed by atoms with Crippen molar-refractivity contribution in [3.05, 3.63) is 125 Å². The Balaban J connectivity index is 1.77. The van der Waals surface area contributed by atoms with Crippen molar-refractivity contribution in [1.29, 1.82) is 0 Å². The summed E-state index contributed by atoms with van der Waals surface area (Å²) in [5.41, 5.74) is 1.54. The number of anilines is 1. The molecular formula is C33H33ClFN3O5S. The molecular weight excluding hydrogens is 605 g/mol. The van der Waals surface area contributed by atoms with Crippen molar-refractivity contribution in [3.63, 3.8) is 0 Å². The maximum absolute atomic E-state index is 14.3. The standard InChI is InChI=1S/C33H33ClFN3O5S/c1-3-43-29-16-18-30(19-17-29)44(41,42)38(28-14-12-27(35)13-15-28)23-32(39)37(22-25-10-7-11-26(34)20-25)31(33(40)36-2)21-24-8-5-4-6-9-24/h4-20,31H,3,21-23H2,1-2H3,(H,36,40). The summed E-state index contributed by atoms with van der Waals surface area (Å²) in [6.07, 6.45) is 0.176. The van der Waals surface area contributed by atoms with Gasteiger partial charge in [-0.2, -0.15) is 0 Å². The molecule has 2 amide bonds. The number of likely N-dealkylation sites (N-methyl/N-ethyl adjacent to an activating group) is 1. The average Bonchev–Trinajstić information content (AvgIpc) is 3.02. The quantitative estimate of drug-likeness (QED) is 0.210. The molecule has 4 aromatic rings. The van der Waals surface area contributed by atoms with Gasteiger partial charge in [0.25, 0.3) is 10.0 Å². The number of carbonyl (C=O) groups excluding carboxylic acids is 2. The second-order valence-corrected chi connectivity index (χ2v) is 12.2. The Hall–Kier alpha value is -4.41. The summed E-state index contributed by atoms with van der Waals surface area (Å²) in [4.78, 5) is 28.8. The molecule has 0 fully saturated rings. The minimum atomic E-state index is -4.33. The molecule has 0 bridgehead atoms. The summed E-state index contributed by atoms with van der Waals surface area (Å²) < 4.78 is 48.3. The van der Waals surface area contributed by atoms with Crippen molar-refractivity contribution in [3.8, 4) is 5.75 Å². The number of carbonyl (C=O) groups is 2. The Morgan fingerprint density at radius 1 is 0.909 bits per heavy atom. The summed E-state index contributed by atoms with van der Waals surface area (Å²) in [7, 11) is -2.86. The molecule has 0 radical (unpaired) electrons. The minimum Gasteiger partial charge on any atom is -0.494 e. The Bertz CT molecular complexity index is 1670. The lowest BCUT2D eigenvalue weighted by Crippen LogP contribution is -2.53. The van der Waals surface area contributed by atoms with Crippen LogP contribution in [0.5, 0.6) is 5.75 Å². The van der Waals surface area contributed by atoms with Crippen molar-refractivity contribution < 1.29 is 27.1 Å². The Morgan fingerprint density at radius 2 is 1.57 bits per heavy atom. The van der Waals surface area contributed by atoms with E-state index in [1.807, 2.05) is 37.3 Å². The highest BCUT2D eigenvalue weighted by Gasteiger charge is 2.34. The van der Waals surface area contributed by atoms with Crippen LogP contribution in [0.1, 0.15) is 18.1 Å². The number of ether oxygens (including phenoxy) is 1. The molecule has 1 unspecified atom stereocenters. The van der Waals surface area contributed by atoms with E-state index < -0.39 is 40.2 Å². The first-order chi connectivity index (χ1) is 21.1. The van der Waals surface area contributed by atoms with Crippen LogP contribution in [0.4, 0.5) is 10.1 Å². The second-order valence-electron chi connectivity index (χ2n) is 9.86.